The fourth-order valence-corrected chi connectivity index (χ4v) is 3.10. The normalized spacial score (nSPS) is 18.6. The van der Waals surface area contributed by atoms with E-state index in [-0.39, 0.29) is 19.2 Å². The highest BCUT2D eigenvalue weighted by Gasteiger charge is 2.41. The van der Waals surface area contributed by atoms with Gasteiger partial charge in [0, 0.05) is 38.6 Å². The van der Waals surface area contributed by atoms with Crippen LogP contribution >= 0.6 is 0 Å². The van der Waals surface area contributed by atoms with E-state index in [2.05, 4.69) is 5.32 Å². The molecule has 1 fully saturated rings. The quantitative estimate of drug-likeness (QED) is 0.705. The molecule has 11 heteroatoms. The molecule has 0 spiro atoms. The van der Waals surface area contributed by atoms with Crippen molar-refractivity contribution in [1.29, 1.82) is 0 Å². The van der Waals surface area contributed by atoms with E-state index >= 15 is 0 Å². The van der Waals surface area contributed by atoms with Crippen molar-refractivity contribution in [2.45, 2.75) is 37.4 Å². The summed E-state index contributed by atoms with van der Waals surface area (Å²) in [4.78, 5) is 1.44. The molecule has 0 radical (unpaired) electrons. The van der Waals surface area contributed by atoms with Gasteiger partial charge >= 0.3 is 18.5 Å². The molecule has 1 aliphatic rings. The lowest BCUT2D eigenvalue weighted by atomic mass is 9.92. The minimum absolute atomic E-state index is 0.0296. The van der Waals surface area contributed by atoms with Crippen LogP contribution in [0, 0.1) is 0 Å². The average molecular weight is 408 g/mol. The summed E-state index contributed by atoms with van der Waals surface area (Å²) in [6.45, 7) is 1.12. The Morgan fingerprint density at radius 3 is 1.96 bits per heavy atom. The zero-order chi connectivity index (χ0) is 20.5. The Labute approximate surface area is 149 Å². The second-order valence-corrected chi connectivity index (χ2v) is 6.25. The highest BCUT2D eigenvalue weighted by atomic mass is 19.4. The van der Waals surface area contributed by atoms with Crippen LogP contribution in [-0.2, 0) is 12.4 Å². The van der Waals surface area contributed by atoms with Crippen LogP contribution in [0.5, 0.6) is 0 Å². The number of halogens is 9. The molecular formula is C16H17F9N2. The van der Waals surface area contributed by atoms with Crippen LogP contribution in [0.2, 0.25) is 0 Å². The Morgan fingerprint density at radius 1 is 0.889 bits per heavy atom. The number of alkyl halides is 9. The standard InChI is InChI=1S/C16H17F9N2/c17-14(18,19)4-3-13(27-7-5-26-6-8-27)11-2-1-10(15(20,21)22)9-12(11)16(23,24)25/h1-2,9,13,26H,3-8H2/t13-/m0/s1. The first-order valence-corrected chi connectivity index (χ1v) is 8.09. The van der Waals surface area contributed by atoms with Crippen molar-refractivity contribution in [3.8, 4) is 0 Å². The van der Waals surface area contributed by atoms with E-state index < -0.39 is 54.1 Å². The average Bonchev–Trinajstić information content (AvgIpc) is 2.53. The van der Waals surface area contributed by atoms with E-state index in [0.29, 0.717) is 25.2 Å². The Morgan fingerprint density at radius 2 is 1.48 bits per heavy atom. The molecule has 27 heavy (non-hydrogen) atoms. The molecule has 1 N–H and O–H groups in total. The predicted octanol–water partition coefficient (Wildman–Crippen LogP) is 5.01. The Bertz CT molecular complexity index is 628. The maximum atomic E-state index is 13.4. The van der Waals surface area contributed by atoms with Crippen molar-refractivity contribution in [2.75, 3.05) is 26.2 Å². The predicted molar refractivity (Wildman–Crippen MR) is 78.9 cm³/mol. The molecular weight excluding hydrogens is 391 g/mol. The van der Waals surface area contributed by atoms with Crippen LogP contribution in [0.1, 0.15) is 35.6 Å². The third-order valence-corrected chi connectivity index (χ3v) is 4.34. The first-order valence-electron chi connectivity index (χ1n) is 8.09. The van der Waals surface area contributed by atoms with Crippen molar-refractivity contribution in [2.24, 2.45) is 0 Å². The van der Waals surface area contributed by atoms with E-state index in [9.17, 15) is 39.5 Å². The number of piperazine rings is 1. The molecule has 0 aliphatic carbocycles. The zero-order valence-electron chi connectivity index (χ0n) is 13.9. The molecule has 154 valence electrons. The van der Waals surface area contributed by atoms with Gasteiger partial charge in [0.25, 0.3) is 0 Å². The summed E-state index contributed by atoms with van der Waals surface area (Å²) < 4.78 is 117. The molecule has 1 aliphatic heterocycles. The highest BCUT2D eigenvalue weighted by Crippen LogP contribution is 2.42. The summed E-state index contributed by atoms with van der Waals surface area (Å²) in [7, 11) is 0. The molecule has 0 amide bonds. The van der Waals surface area contributed by atoms with E-state index in [1.54, 1.807) is 0 Å². The highest BCUT2D eigenvalue weighted by molar-refractivity contribution is 5.37. The monoisotopic (exact) mass is 408 g/mol. The number of rotatable bonds is 4. The summed E-state index contributed by atoms with van der Waals surface area (Å²) in [6.07, 6.45) is -16.7. The van der Waals surface area contributed by atoms with Gasteiger partial charge in [-0.1, -0.05) is 6.07 Å². The van der Waals surface area contributed by atoms with Crippen LogP contribution in [0.4, 0.5) is 39.5 Å². The summed E-state index contributed by atoms with van der Waals surface area (Å²) in [6, 6.07) is -0.187. The van der Waals surface area contributed by atoms with Crippen molar-refractivity contribution in [3.05, 3.63) is 34.9 Å². The summed E-state index contributed by atoms with van der Waals surface area (Å²) >= 11 is 0. The lowest BCUT2D eigenvalue weighted by Crippen LogP contribution is -2.45. The van der Waals surface area contributed by atoms with Crippen LogP contribution < -0.4 is 5.32 Å². The number of hydrogen-bond donors (Lipinski definition) is 1. The molecule has 1 heterocycles. The lowest BCUT2D eigenvalue weighted by molar-refractivity contribution is -0.144. The van der Waals surface area contributed by atoms with Crippen molar-refractivity contribution >= 4 is 0 Å². The van der Waals surface area contributed by atoms with Crippen LogP contribution in [0.15, 0.2) is 18.2 Å². The SMILES string of the molecule is FC(F)(F)CC[C@@H](c1ccc(C(F)(F)F)cc1C(F)(F)F)N1CCNCC1. The molecule has 0 aromatic heterocycles. The van der Waals surface area contributed by atoms with Gasteiger partial charge in [0.2, 0.25) is 0 Å². The second kappa shape index (κ2) is 7.86. The molecule has 0 saturated carbocycles. The number of nitrogens with zero attached hydrogens (tertiary/aromatic N) is 1. The van der Waals surface area contributed by atoms with Gasteiger partial charge in [-0.3, -0.25) is 4.90 Å². The van der Waals surface area contributed by atoms with Gasteiger partial charge in [0.1, 0.15) is 0 Å². The van der Waals surface area contributed by atoms with Crippen molar-refractivity contribution < 1.29 is 39.5 Å². The molecule has 2 rings (SSSR count). The fraction of sp³-hybridized carbons (Fsp3) is 0.625. The zero-order valence-corrected chi connectivity index (χ0v) is 13.9. The summed E-state index contributed by atoms with van der Waals surface area (Å²) in [5, 5.41) is 2.93. The number of hydrogen-bond acceptors (Lipinski definition) is 2. The maximum Gasteiger partial charge on any atom is 0.416 e. The summed E-state index contributed by atoms with van der Waals surface area (Å²) in [5.74, 6) is 0. The number of nitrogens with one attached hydrogen (secondary N) is 1. The molecule has 1 aromatic carbocycles. The van der Waals surface area contributed by atoms with Gasteiger partial charge in [0.15, 0.2) is 0 Å². The van der Waals surface area contributed by atoms with Crippen LogP contribution in [0.25, 0.3) is 0 Å². The lowest BCUT2D eigenvalue weighted by Gasteiger charge is -2.36. The smallest absolute Gasteiger partial charge is 0.314 e. The molecule has 1 saturated heterocycles. The maximum absolute atomic E-state index is 13.4. The second-order valence-electron chi connectivity index (χ2n) is 6.25. The Hall–Kier alpha value is -1.49. The Kier molecular flexibility index (Phi) is 6.35. The first-order chi connectivity index (χ1) is 12.3. The topological polar surface area (TPSA) is 15.3 Å². The van der Waals surface area contributed by atoms with E-state index in [1.165, 1.54) is 4.90 Å². The minimum Gasteiger partial charge on any atom is -0.314 e. The van der Waals surface area contributed by atoms with E-state index in [4.69, 9.17) is 0 Å². The van der Waals surface area contributed by atoms with Crippen LogP contribution in [-0.4, -0.2) is 37.3 Å². The van der Waals surface area contributed by atoms with Gasteiger partial charge in [-0.15, -0.1) is 0 Å². The summed E-state index contributed by atoms with van der Waals surface area (Å²) in [5.41, 5.74) is -3.61. The van der Waals surface area contributed by atoms with Gasteiger partial charge < -0.3 is 5.32 Å². The fourth-order valence-electron chi connectivity index (χ4n) is 3.10. The molecule has 2 nitrogen and oxygen atoms in total. The molecule has 0 unspecified atom stereocenters. The number of benzene rings is 1. The Balaban J connectivity index is 2.48. The largest absolute Gasteiger partial charge is 0.416 e. The van der Waals surface area contributed by atoms with Gasteiger partial charge in [0.05, 0.1) is 11.1 Å². The molecule has 1 aromatic rings. The molecule has 0 bridgehead atoms. The van der Waals surface area contributed by atoms with E-state index in [0.717, 1.165) is 0 Å². The van der Waals surface area contributed by atoms with Gasteiger partial charge in [-0.2, -0.15) is 39.5 Å². The minimum atomic E-state index is -5.12. The van der Waals surface area contributed by atoms with Crippen LogP contribution in [0.3, 0.4) is 0 Å². The third kappa shape index (κ3) is 6.00. The van der Waals surface area contributed by atoms with Crippen molar-refractivity contribution in [3.63, 3.8) is 0 Å². The first kappa shape index (κ1) is 21.8. The van der Waals surface area contributed by atoms with Crippen molar-refractivity contribution in [1.82, 2.24) is 10.2 Å². The van der Waals surface area contributed by atoms with E-state index in [1.807, 2.05) is 0 Å². The van der Waals surface area contributed by atoms with Gasteiger partial charge in [-0.25, -0.2) is 0 Å². The van der Waals surface area contributed by atoms with Gasteiger partial charge in [-0.05, 0) is 24.1 Å². The third-order valence-electron chi connectivity index (χ3n) is 4.34. The molecule has 1 atom stereocenters.